The topological polar surface area (TPSA) is 99.0 Å². The van der Waals surface area contributed by atoms with Crippen LogP contribution in [-0.4, -0.2) is 27.1 Å². The Balaban J connectivity index is 2.26. The number of hydrogen-bond donors (Lipinski definition) is 2. The molecular weight excluding hydrogens is 222 g/mol. The molecule has 0 aromatic carbocycles. The first kappa shape index (κ1) is 11.8. The van der Waals surface area contributed by atoms with E-state index in [-0.39, 0.29) is 11.9 Å². The largest absolute Gasteiger partial charge is 0.406 e. The predicted molar refractivity (Wildman–Crippen MR) is 63.8 cm³/mol. The van der Waals surface area contributed by atoms with E-state index < -0.39 is 4.92 Å². The zero-order chi connectivity index (χ0) is 12.6. The number of nitro groups is 1. The minimum atomic E-state index is -0.462. The molecule has 0 radical (unpaired) electrons. The molecule has 1 heterocycles. The molecule has 0 aliphatic heterocycles. The molecule has 94 valence electrons. The number of nitrogens with one attached hydrogen (secondary N) is 1. The third-order valence-corrected chi connectivity index (χ3v) is 3.24. The number of nitrogens with zero attached hydrogens (tertiary/aromatic N) is 3. The van der Waals surface area contributed by atoms with E-state index in [9.17, 15) is 10.1 Å². The Kier molecular flexibility index (Phi) is 3.01. The van der Waals surface area contributed by atoms with Gasteiger partial charge in [0, 0.05) is 26.6 Å². The van der Waals surface area contributed by atoms with E-state index in [1.165, 1.54) is 0 Å². The molecule has 1 aliphatic carbocycles. The standard InChI is InChI=1S/C10H17N5O2/c1-6-12-10(15(16)17)9(14(6)2)13-8(5-11)7-3-4-7/h7-8,13H,3-5,11H2,1-2H3. The normalized spacial score (nSPS) is 16.9. The van der Waals surface area contributed by atoms with Crippen LogP contribution in [0.15, 0.2) is 0 Å². The molecule has 2 rings (SSSR count). The second-order valence-electron chi connectivity index (χ2n) is 4.47. The Bertz CT molecular complexity index is 438. The quantitative estimate of drug-likeness (QED) is 0.584. The van der Waals surface area contributed by atoms with Crippen molar-refractivity contribution in [2.24, 2.45) is 18.7 Å². The van der Waals surface area contributed by atoms with Crippen LogP contribution in [0, 0.1) is 23.0 Å². The van der Waals surface area contributed by atoms with Crippen LogP contribution >= 0.6 is 0 Å². The summed E-state index contributed by atoms with van der Waals surface area (Å²) >= 11 is 0. The van der Waals surface area contributed by atoms with Gasteiger partial charge in [-0.3, -0.25) is 4.57 Å². The van der Waals surface area contributed by atoms with Crippen LogP contribution in [-0.2, 0) is 7.05 Å². The highest BCUT2D eigenvalue weighted by Gasteiger charge is 2.33. The average molecular weight is 239 g/mol. The van der Waals surface area contributed by atoms with Crippen LogP contribution in [0.2, 0.25) is 0 Å². The van der Waals surface area contributed by atoms with Crippen LogP contribution in [0.25, 0.3) is 0 Å². The van der Waals surface area contributed by atoms with Crippen molar-refractivity contribution in [3.63, 3.8) is 0 Å². The summed E-state index contributed by atoms with van der Waals surface area (Å²) < 4.78 is 1.70. The lowest BCUT2D eigenvalue weighted by atomic mass is 10.2. The molecule has 1 fully saturated rings. The van der Waals surface area contributed by atoms with E-state index in [4.69, 9.17) is 5.73 Å². The number of nitrogens with two attached hydrogens (primary N) is 1. The SMILES string of the molecule is Cc1nc([N+](=O)[O-])c(NC(CN)C2CC2)n1C. The third-order valence-electron chi connectivity index (χ3n) is 3.24. The van der Waals surface area contributed by atoms with Crippen LogP contribution in [0.3, 0.4) is 0 Å². The van der Waals surface area contributed by atoms with Gasteiger partial charge in [0.05, 0.1) is 0 Å². The van der Waals surface area contributed by atoms with Crippen molar-refractivity contribution in [1.29, 1.82) is 0 Å². The van der Waals surface area contributed by atoms with Crippen molar-refractivity contribution < 1.29 is 4.92 Å². The maximum absolute atomic E-state index is 10.9. The zero-order valence-corrected chi connectivity index (χ0v) is 10.0. The van der Waals surface area contributed by atoms with Crippen LogP contribution in [0.4, 0.5) is 11.6 Å². The molecule has 7 heteroatoms. The predicted octanol–water partition coefficient (Wildman–Crippen LogP) is 0.786. The fourth-order valence-electron chi connectivity index (χ4n) is 1.93. The molecular formula is C10H17N5O2. The molecule has 7 nitrogen and oxygen atoms in total. The summed E-state index contributed by atoms with van der Waals surface area (Å²) in [6, 6.07) is 0.100. The van der Waals surface area contributed by atoms with Crippen LogP contribution < -0.4 is 11.1 Å². The molecule has 1 saturated carbocycles. The number of aryl methyl sites for hydroxylation is 1. The summed E-state index contributed by atoms with van der Waals surface area (Å²) in [6.07, 6.45) is 2.28. The molecule has 17 heavy (non-hydrogen) atoms. The molecule has 0 bridgehead atoms. The van der Waals surface area contributed by atoms with E-state index in [0.717, 1.165) is 12.8 Å². The molecule has 1 aliphatic rings. The highest BCUT2D eigenvalue weighted by molar-refractivity contribution is 5.54. The summed E-state index contributed by atoms with van der Waals surface area (Å²) in [5.41, 5.74) is 5.68. The van der Waals surface area contributed by atoms with Gasteiger partial charge in [0.25, 0.3) is 0 Å². The first-order chi connectivity index (χ1) is 8.04. The number of aromatic nitrogens is 2. The van der Waals surface area contributed by atoms with Crippen LogP contribution in [0.1, 0.15) is 18.7 Å². The van der Waals surface area contributed by atoms with Crippen LogP contribution in [0.5, 0.6) is 0 Å². The minimum absolute atomic E-state index is 0.100. The number of rotatable bonds is 5. The van der Waals surface area contributed by atoms with Gasteiger partial charge in [0.2, 0.25) is 11.6 Å². The van der Waals surface area contributed by atoms with Crippen molar-refractivity contribution in [2.75, 3.05) is 11.9 Å². The summed E-state index contributed by atoms with van der Waals surface area (Å²) in [5, 5.41) is 14.1. The highest BCUT2D eigenvalue weighted by atomic mass is 16.6. The minimum Gasteiger partial charge on any atom is -0.360 e. The second-order valence-corrected chi connectivity index (χ2v) is 4.47. The Morgan fingerprint density at radius 2 is 2.35 bits per heavy atom. The van der Waals surface area contributed by atoms with Gasteiger partial charge in [-0.1, -0.05) is 0 Å². The van der Waals surface area contributed by atoms with E-state index in [2.05, 4.69) is 10.3 Å². The van der Waals surface area contributed by atoms with Gasteiger partial charge in [-0.15, -0.1) is 0 Å². The zero-order valence-electron chi connectivity index (χ0n) is 10.0. The highest BCUT2D eigenvalue weighted by Crippen LogP contribution is 2.35. The van der Waals surface area contributed by atoms with Crippen molar-refractivity contribution in [3.05, 3.63) is 15.9 Å². The molecule has 1 unspecified atom stereocenters. The molecule has 0 spiro atoms. The van der Waals surface area contributed by atoms with Gasteiger partial charge in [-0.05, 0) is 28.7 Å². The van der Waals surface area contributed by atoms with Gasteiger partial charge >= 0.3 is 5.82 Å². The number of anilines is 1. The smallest absolute Gasteiger partial charge is 0.360 e. The third kappa shape index (κ3) is 2.23. The molecule has 1 aromatic rings. The van der Waals surface area contributed by atoms with Crippen molar-refractivity contribution >= 4 is 11.6 Å². The maximum Gasteiger partial charge on any atom is 0.406 e. The number of hydrogen-bond acceptors (Lipinski definition) is 5. The Hall–Kier alpha value is -1.63. The summed E-state index contributed by atoms with van der Waals surface area (Å²) in [6.45, 7) is 2.22. The fourth-order valence-corrected chi connectivity index (χ4v) is 1.93. The van der Waals surface area contributed by atoms with Gasteiger partial charge in [0.15, 0.2) is 0 Å². The lowest BCUT2D eigenvalue weighted by Gasteiger charge is -2.16. The van der Waals surface area contributed by atoms with E-state index in [1.807, 2.05) is 0 Å². The average Bonchev–Trinajstić information content (AvgIpc) is 3.07. The monoisotopic (exact) mass is 239 g/mol. The second kappa shape index (κ2) is 4.33. The van der Waals surface area contributed by atoms with E-state index >= 15 is 0 Å². The van der Waals surface area contributed by atoms with Gasteiger partial charge in [0.1, 0.15) is 0 Å². The summed E-state index contributed by atoms with van der Waals surface area (Å²) in [5.74, 6) is 1.49. The Labute approximate surface area is 99.2 Å². The Morgan fingerprint density at radius 1 is 1.71 bits per heavy atom. The van der Waals surface area contributed by atoms with Gasteiger partial charge < -0.3 is 21.2 Å². The van der Waals surface area contributed by atoms with Gasteiger partial charge in [-0.25, -0.2) is 0 Å². The molecule has 3 N–H and O–H groups in total. The molecule has 0 amide bonds. The molecule has 0 saturated heterocycles. The van der Waals surface area contributed by atoms with E-state index in [0.29, 0.717) is 24.1 Å². The van der Waals surface area contributed by atoms with E-state index in [1.54, 1.807) is 18.5 Å². The van der Waals surface area contributed by atoms with Crippen molar-refractivity contribution in [2.45, 2.75) is 25.8 Å². The van der Waals surface area contributed by atoms with Crippen molar-refractivity contribution in [3.8, 4) is 0 Å². The molecule has 1 atom stereocenters. The summed E-state index contributed by atoms with van der Waals surface area (Å²) in [7, 11) is 1.76. The van der Waals surface area contributed by atoms with Gasteiger partial charge in [-0.2, -0.15) is 0 Å². The van der Waals surface area contributed by atoms with Crippen molar-refractivity contribution in [1.82, 2.24) is 9.55 Å². The summed E-state index contributed by atoms with van der Waals surface area (Å²) in [4.78, 5) is 14.4. The molecule has 1 aromatic heterocycles. The number of imidazole rings is 1. The lowest BCUT2D eigenvalue weighted by Crippen LogP contribution is -2.31. The lowest BCUT2D eigenvalue weighted by molar-refractivity contribution is -0.388. The first-order valence-corrected chi connectivity index (χ1v) is 5.69. The first-order valence-electron chi connectivity index (χ1n) is 5.69. The Morgan fingerprint density at radius 3 is 2.82 bits per heavy atom. The fraction of sp³-hybridized carbons (Fsp3) is 0.700. The maximum atomic E-state index is 10.9.